The van der Waals surface area contributed by atoms with Crippen LogP contribution in [0.25, 0.3) is 0 Å². The molecule has 1 aliphatic rings. The van der Waals surface area contributed by atoms with Crippen LogP contribution in [0.15, 0.2) is 42.6 Å². The summed E-state index contributed by atoms with van der Waals surface area (Å²) in [4.78, 5) is 1.11. The van der Waals surface area contributed by atoms with Crippen LogP contribution in [0.1, 0.15) is 5.56 Å². The van der Waals surface area contributed by atoms with Crippen LogP contribution in [0.4, 0.5) is 13.2 Å². The average molecular weight is 387 g/mol. The third-order valence-electron chi connectivity index (χ3n) is 4.05. The van der Waals surface area contributed by atoms with Gasteiger partial charge >= 0.3 is 6.18 Å². The molecule has 0 radical (unpaired) electrons. The Kier molecular flexibility index (Phi) is 6.01. The van der Waals surface area contributed by atoms with Crippen molar-refractivity contribution in [2.24, 2.45) is 5.73 Å². The van der Waals surface area contributed by atoms with Crippen LogP contribution in [0.2, 0.25) is 0 Å². The lowest BCUT2D eigenvalue weighted by atomic mass is 10.0. The standard InChI is InChI=1S/C17H20F3N3O2S/c1-24-13-6-5-7-14(25-2)12(13)8-11-23-10-4-3-9-16(23,17(18,19)20)22-15(21)26/h3-7,9-10H,8,11H2,1-2H3,(H3,21,22,26). The van der Waals surface area contributed by atoms with Gasteiger partial charge in [0.1, 0.15) is 11.5 Å². The minimum absolute atomic E-state index is 0.0205. The molecule has 1 aromatic carbocycles. The highest BCUT2D eigenvalue weighted by molar-refractivity contribution is 7.80. The first-order chi connectivity index (χ1) is 12.2. The maximum Gasteiger partial charge on any atom is 0.434 e. The third kappa shape index (κ3) is 3.87. The summed E-state index contributed by atoms with van der Waals surface area (Å²) < 4.78 is 52.2. The largest absolute Gasteiger partial charge is 0.496 e. The van der Waals surface area contributed by atoms with E-state index in [9.17, 15) is 13.2 Å². The number of nitrogens with two attached hydrogens (primary N) is 1. The van der Waals surface area contributed by atoms with Crippen molar-refractivity contribution < 1.29 is 22.6 Å². The fourth-order valence-electron chi connectivity index (χ4n) is 2.85. The number of nitrogens with zero attached hydrogens (tertiary/aromatic N) is 1. The Morgan fingerprint density at radius 3 is 2.35 bits per heavy atom. The van der Waals surface area contributed by atoms with Crippen LogP contribution >= 0.6 is 12.2 Å². The highest BCUT2D eigenvalue weighted by atomic mass is 32.1. The molecule has 1 unspecified atom stereocenters. The van der Waals surface area contributed by atoms with Crippen LogP contribution in [0.5, 0.6) is 11.5 Å². The van der Waals surface area contributed by atoms with Gasteiger partial charge in [-0.05, 0) is 42.9 Å². The average Bonchev–Trinajstić information content (AvgIpc) is 2.59. The smallest absolute Gasteiger partial charge is 0.434 e. The summed E-state index contributed by atoms with van der Waals surface area (Å²) in [6.45, 7) is 0.0205. The van der Waals surface area contributed by atoms with E-state index in [2.05, 4.69) is 17.5 Å². The summed E-state index contributed by atoms with van der Waals surface area (Å²) in [5, 5.41) is 1.75. The summed E-state index contributed by atoms with van der Waals surface area (Å²) in [5.74, 6) is 1.08. The van der Waals surface area contributed by atoms with Gasteiger partial charge in [-0.3, -0.25) is 0 Å². The molecule has 0 saturated heterocycles. The Morgan fingerprint density at radius 2 is 1.85 bits per heavy atom. The first-order valence-corrected chi connectivity index (χ1v) is 8.13. The molecular formula is C17H20F3N3O2S. The molecule has 1 aromatic rings. The van der Waals surface area contributed by atoms with Crippen molar-refractivity contribution in [2.75, 3.05) is 20.8 Å². The fourth-order valence-corrected chi connectivity index (χ4v) is 3.00. The second-order valence-corrected chi connectivity index (χ2v) is 5.98. The Bertz CT molecular complexity index is 699. The highest BCUT2D eigenvalue weighted by Gasteiger charge is 2.57. The van der Waals surface area contributed by atoms with Crippen LogP contribution in [-0.4, -0.2) is 42.6 Å². The molecule has 26 heavy (non-hydrogen) atoms. The third-order valence-corrected chi connectivity index (χ3v) is 4.15. The van der Waals surface area contributed by atoms with Gasteiger partial charge in [0.25, 0.3) is 0 Å². The lowest BCUT2D eigenvalue weighted by Crippen LogP contribution is -2.67. The number of thiocarbonyl (C=S) groups is 1. The van der Waals surface area contributed by atoms with Crippen molar-refractivity contribution in [1.29, 1.82) is 0 Å². The monoisotopic (exact) mass is 387 g/mol. The van der Waals surface area contributed by atoms with Crippen LogP contribution < -0.4 is 20.5 Å². The molecule has 1 atom stereocenters. The zero-order valence-corrected chi connectivity index (χ0v) is 15.2. The summed E-state index contributed by atoms with van der Waals surface area (Å²) >= 11 is 4.67. The molecule has 0 bridgehead atoms. The number of methoxy groups -OCH3 is 2. The number of rotatable bonds is 6. The number of halogens is 3. The number of benzene rings is 1. The molecule has 0 amide bonds. The number of hydrogen-bond acceptors (Lipinski definition) is 4. The minimum Gasteiger partial charge on any atom is -0.496 e. The first kappa shape index (κ1) is 19.9. The van der Waals surface area contributed by atoms with Gasteiger partial charge in [0.05, 0.1) is 14.2 Å². The molecule has 5 nitrogen and oxygen atoms in total. The van der Waals surface area contributed by atoms with Crippen molar-refractivity contribution in [3.8, 4) is 11.5 Å². The summed E-state index contributed by atoms with van der Waals surface area (Å²) in [6.07, 6.45) is 0.765. The topological polar surface area (TPSA) is 59.8 Å². The van der Waals surface area contributed by atoms with E-state index in [1.165, 1.54) is 32.6 Å². The Morgan fingerprint density at radius 1 is 1.23 bits per heavy atom. The Balaban J connectivity index is 2.34. The molecule has 0 fully saturated rings. The first-order valence-electron chi connectivity index (χ1n) is 7.72. The zero-order valence-electron chi connectivity index (χ0n) is 14.3. The van der Waals surface area contributed by atoms with E-state index in [0.29, 0.717) is 17.1 Å². The van der Waals surface area contributed by atoms with Crippen molar-refractivity contribution in [1.82, 2.24) is 10.2 Å². The zero-order chi connectivity index (χ0) is 19.4. The van der Waals surface area contributed by atoms with E-state index in [4.69, 9.17) is 15.2 Å². The van der Waals surface area contributed by atoms with Gasteiger partial charge in [-0.25, -0.2) is 0 Å². The fraction of sp³-hybridized carbons (Fsp3) is 0.353. The number of alkyl halides is 3. The van der Waals surface area contributed by atoms with E-state index in [1.807, 2.05) is 0 Å². The number of allylic oxidation sites excluding steroid dienone is 2. The quantitative estimate of drug-likeness (QED) is 0.732. The van der Waals surface area contributed by atoms with E-state index in [-0.39, 0.29) is 13.0 Å². The lowest BCUT2D eigenvalue weighted by Gasteiger charge is -2.44. The molecule has 2 rings (SSSR count). The molecular weight excluding hydrogens is 367 g/mol. The molecule has 0 spiro atoms. The van der Waals surface area contributed by atoms with E-state index in [1.54, 1.807) is 18.2 Å². The predicted molar refractivity (Wildman–Crippen MR) is 96.9 cm³/mol. The number of ether oxygens (including phenoxy) is 2. The molecule has 0 saturated carbocycles. The molecule has 0 aromatic heterocycles. The van der Waals surface area contributed by atoms with E-state index < -0.39 is 17.0 Å². The molecule has 0 aliphatic carbocycles. The Hall–Kier alpha value is -2.42. The van der Waals surface area contributed by atoms with Crippen molar-refractivity contribution in [2.45, 2.75) is 18.3 Å². The minimum atomic E-state index is -4.65. The van der Waals surface area contributed by atoms with Crippen LogP contribution in [-0.2, 0) is 6.42 Å². The maximum atomic E-state index is 13.9. The van der Waals surface area contributed by atoms with Gasteiger partial charge in [-0.1, -0.05) is 12.1 Å². The highest BCUT2D eigenvalue weighted by Crippen LogP contribution is 2.37. The van der Waals surface area contributed by atoms with Gasteiger partial charge in [-0.2, -0.15) is 13.2 Å². The van der Waals surface area contributed by atoms with Crippen molar-refractivity contribution in [3.63, 3.8) is 0 Å². The predicted octanol–water partition coefficient (Wildman–Crippen LogP) is 2.72. The second-order valence-electron chi connectivity index (χ2n) is 5.54. The number of hydrogen-bond donors (Lipinski definition) is 2. The van der Waals surface area contributed by atoms with Crippen LogP contribution in [0.3, 0.4) is 0 Å². The second kappa shape index (κ2) is 7.86. The molecule has 1 aliphatic heterocycles. The normalized spacial score (nSPS) is 19.3. The molecule has 3 N–H and O–H groups in total. The molecule has 142 valence electrons. The maximum absolute atomic E-state index is 13.9. The van der Waals surface area contributed by atoms with Crippen LogP contribution in [0, 0.1) is 0 Å². The van der Waals surface area contributed by atoms with Gasteiger partial charge in [-0.15, -0.1) is 0 Å². The summed E-state index contributed by atoms with van der Waals surface area (Å²) in [6, 6.07) is 5.21. The Labute approximate surface area is 155 Å². The molecule has 1 heterocycles. The van der Waals surface area contributed by atoms with Gasteiger partial charge in [0.15, 0.2) is 5.11 Å². The lowest BCUT2D eigenvalue weighted by molar-refractivity contribution is -0.213. The molecule has 9 heteroatoms. The van der Waals surface area contributed by atoms with Gasteiger partial charge < -0.3 is 25.4 Å². The van der Waals surface area contributed by atoms with Crippen molar-refractivity contribution in [3.05, 3.63) is 48.2 Å². The van der Waals surface area contributed by atoms with Crippen molar-refractivity contribution >= 4 is 17.3 Å². The van der Waals surface area contributed by atoms with Gasteiger partial charge in [0, 0.05) is 18.3 Å². The summed E-state index contributed by atoms with van der Waals surface area (Å²) in [7, 11) is 2.99. The summed E-state index contributed by atoms with van der Waals surface area (Å²) in [5.41, 5.74) is 3.52. The van der Waals surface area contributed by atoms with E-state index >= 15 is 0 Å². The van der Waals surface area contributed by atoms with E-state index in [0.717, 1.165) is 11.0 Å². The SMILES string of the molecule is COc1cccc(OC)c1CCN1C=CC=CC1(NC(N)=S)C(F)(F)F. The number of nitrogens with one attached hydrogen (secondary N) is 1. The van der Waals surface area contributed by atoms with Gasteiger partial charge in [0.2, 0.25) is 5.66 Å².